The summed E-state index contributed by atoms with van der Waals surface area (Å²) >= 11 is 0. The van der Waals surface area contributed by atoms with Crippen molar-refractivity contribution < 1.29 is 37.6 Å². The average Bonchev–Trinajstić information content (AvgIpc) is 3.58. The molecular formula is C74H144NO8P. The van der Waals surface area contributed by atoms with Crippen LogP contribution in [0, 0.1) is 0 Å². The van der Waals surface area contributed by atoms with Crippen LogP contribution in [0.15, 0.2) is 24.3 Å². The fourth-order valence-electron chi connectivity index (χ4n) is 11.6. The van der Waals surface area contributed by atoms with Gasteiger partial charge in [-0.25, -0.2) is 4.57 Å². The van der Waals surface area contributed by atoms with Gasteiger partial charge in [-0.3, -0.25) is 18.6 Å². The third kappa shape index (κ3) is 69.6. The number of unbranched alkanes of at least 4 members (excludes halogenated alkanes) is 55. The lowest BCUT2D eigenvalue weighted by Gasteiger charge is -2.19. The quantitative estimate of drug-likeness (QED) is 0.0264. The zero-order valence-corrected chi connectivity index (χ0v) is 57.1. The van der Waals surface area contributed by atoms with Crippen LogP contribution in [0.4, 0.5) is 0 Å². The van der Waals surface area contributed by atoms with Crippen molar-refractivity contribution >= 4 is 19.8 Å². The summed E-state index contributed by atoms with van der Waals surface area (Å²) < 4.78 is 33.2. The van der Waals surface area contributed by atoms with Gasteiger partial charge < -0.3 is 20.1 Å². The maximum absolute atomic E-state index is 12.8. The predicted octanol–water partition coefficient (Wildman–Crippen LogP) is 24.5. The molecule has 498 valence electrons. The highest BCUT2D eigenvalue weighted by Crippen LogP contribution is 2.43. The number of phosphoric ester groups is 1. The standard InChI is InChI=1S/C74H144NO8P/c1-3-5-7-9-11-13-15-17-19-21-23-25-27-28-29-30-31-32-33-34-35-36-37-38-39-40-41-42-43-45-46-48-50-52-54-56-58-60-62-64-66-73(76)80-70-72(71-82-84(78,79)81-69-68-75)83-74(77)67-65-63-61-59-57-55-53-51-49-47-44-26-24-22-20-18-16-14-12-10-8-6-4-2/h16,18,22,24,72H,3-15,17,19-21,23,25-71,75H2,1-2H3,(H,78,79)/b18-16-,24-22-. The summed E-state index contributed by atoms with van der Waals surface area (Å²) in [4.78, 5) is 35.4. The van der Waals surface area contributed by atoms with Gasteiger partial charge in [0.05, 0.1) is 13.2 Å². The molecule has 0 saturated heterocycles. The molecule has 9 nitrogen and oxygen atoms in total. The molecule has 0 aromatic heterocycles. The average molecular weight is 1210 g/mol. The van der Waals surface area contributed by atoms with E-state index < -0.39 is 26.5 Å². The van der Waals surface area contributed by atoms with E-state index in [1.807, 2.05) is 0 Å². The van der Waals surface area contributed by atoms with E-state index in [0.29, 0.717) is 6.42 Å². The molecule has 0 aromatic carbocycles. The molecule has 10 heteroatoms. The number of rotatable bonds is 72. The van der Waals surface area contributed by atoms with Gasteiger partial charge in [0.2, 0.25) is 0 Å². The summed E-state index contributed by atoms with van der Waals surface area (Å²) in [5.74, 6) is -0.808. The molecule has 0 spiro atoms. The van der Waals surface area contributed by atoms with E-state index in [4.69, 9.17) is 24.3 Å². The molecule has 0 fully saturated rings. The second-order valence-corrected chi connectivity index (χ2v) is 27.0. The summed E-state index contributed by atoms with van der Waals surface area (Å²) in [6.45, 7) is 3.81. The Morgan fingerprint density at radius 1 is 0.357 bits per heavy atom. The van der Waals surface area contributed by atoms with Crippen LogP contribution in [-0.4, -0.2) is 49.3 Å². The summed E-state index contributed by atoms with van der Waals surface area (Å²) in [6.07, 6.45) is 87.4. The molecule has 3 N–H and O–H groups in total. The Morgan fingerprint density at radius 3 is 0.905 bits per heavy atom. The number of esters is 2. The van der Waals surface area contributed by atoms with E-state index in [9.17, 15) is 19.0 Å². The molecule has 2 atom stereocenters. The normalized spacial score (nSPS) is 13.0. The third-order valence-electron chi connectivity index (χ3n) is 17.1. The number of hydrogen-bond donors (Lipinski definition) is 2. The van der Waals surface area contributed by atoms with Crippen molar-refractivity contribution in [1.82, 2.24) is 0 Å². The molecule has 0 saturated carbocycles. The molecule has 0 bridgehead atoms. The minimum absolute atomic E-state index is 0.0556. The van der Waals surface area contributed by atoms with E-state index in [2.05, 4.69) is 38.2 Å². The first-order valence-corrected chi connectivity index (χ1v) is 38.8. The zero-order valence-electron chi connectivity index (χ0n) is 56.2. The van der Waals surface area contributed by atoms with Gasteiger partial charge in [0, 0.05) is 19.4 Å². The Balaban J connectivity index is 3.72. The Hall–Kier alpha value is -1.51. The van der Waals surface area contributed by atoms with Gasteiger partial charge >= 0.3 is 19.8 Å². The van der Waals surface area contributed by atoms with Gasteiger partial charge in [0.1, 0.15) is 6.61 Å². The van der Waals surface area contributed by atoms with E-state index >= 15 is 0 Å². The molecule has 0 heterocycles. The SMILES string of the molecule is CCCCCCC/C=C\C/C=C\CCCCCCCCCCCCCC(=O)OC(COC(=O)CCCCCCCCCCCCCCCCCCCCCCCCCCCCCCCCCCCCCCCCCC)COP(=O)(O)OCCN. The first kappa shape index (κ1) is 82.5. The Labute approximate surface area is 522 Å². The molecule has 0 rings (SSSR count). The molecule has 0 amide bonds. The zero-order chi connectivity index (χ0) is 60.9. The Bertz CT molecular complexity index is 1430. The number of carbonyl (C=O) groups excluding carboxylic acids is 2. The van der Waals surface area contributed by atoms with Crippen molar-refractivity contribution in [2.24, 2.45) is 5.73 Å². The maximum Gasteiger partial charge on any atom is 0.472 e. The molecule has 0 aliphatic carbocycles. The molecule has 0 aromatic rings. The van der Waals surface area contributed by atoms with Gasteiger partial charge in [-0.2, -0.15) is 0 Å². The van der Waals surface area contributed by atoms with Crippen molar-refractivity contribution in [3.8, 4) is 0 Å². The van der Waals surface area contributed by atoms with Gasteiger partial charge in [-0.05, 0) is 44.9 Å². The fourth-order valence-corrected chi connectivity index (χ4v) is 12.3. The summed E-state index contributed by atoms with van der Waals surface area (Å²) in [5.41, 5.74) is 5.40. The van der Waals surface area contributed by atoms with Crippen LogP contribution >= 0.6 is 7.82 Å². The number of phosphoric acid groups is 1. The van der Waals surface area contributed by atoms with Crippen molar-refractivity contribution in [2.45, 2.75) is 412 Å². The summed E-state index contributed by atoms with van der Waals surface area (Å²) in [7, 11) is -4.39. The largest absolute Gasteiger partial charge is 0.472 e. The number of carbonyl (C=O) groups is 2. The highest BCUT2D eigenvalue weighted by Gasteiger charge is 2.26. The molecule has 84 heavy (non-hydrogen) atoms. The highest BCUT2D eigenvalue weighted by atomic mass is 31.2. The van der Waals surface area contributed by atoms with E-state index in [-0.39, 0.29) is 38.6 Å². The lowest BCUT2D eigenvalue weighted by Crippen LogP contribution is -2.29. The molecule has 0 aliphatic heterocycles. The van der Waals surface area contributed by atoms with Crippen LogP contribution < -0.4 is 5.73 Å². The van der Waals surface area contributed by atoms with E-state index in [1.54, 1.807) is 0 Å². The number of ether oxygens (including phenoxy) is 2. The van der Waals surface area contributed by atoms with Gasteiger partial charge in [0.15, 0.2) is 6.10 Å². The first-order chi connectivity index (χ1) is 41.3. The predicted molar refractivity (Wildman–Crippen MR) is 363 cm³/mol. The number of hydrogen-bond acceptors (Lipinski definition) is 8. The minimum atomic E-state index is -4.39. The van der Waals surface area contributed by atoms with Crippen molar-refractivity contribution in [3.05, 3.63) is 24.3 Å². The van der Waals surface area contributed by atoms with E-state index in [1.165, 1.54) is 327 Å². The molecule has 2 unspecified atom stereocenters. The van der Waals surface area contributed by atoms with Crippen LogP contribution in [0.2, 0.25) is 0 Å². The smallest absolute Gasteiger partial charge is 0.462 e. The van der Waals surface area contributed by atoms with E-state index in [0.717, 1.165) is 44.9 Å². The van der Waals surface area contributed by atoms with Crippen LogP contribution in [0.5, 0.6) is 0 Å². The monoisotopic (exact) mass is 1210 g/mol. The van der Waals surface area contributed by atoms with Gasteiger partial charge in [0.25, 0.3) is 0 Å². The lowest BCUT2D eigenvalue weighted by atomic mass is 10.0. The van der Waals surface area contributed by atoms with Crippen LogP contribution in [0.3, 0.4) is 0 Å². The van der Waals surface area contributed by atoms with Gasteiger partial charge in [-0.1, -0.05) is 372 Å². The molecule has 0 aliphatic rings. The lowest BCUT2D eigenvalue weighted by molar-refractivity contribution is -0.161. The van der Waals surface area contributed by atoms with Gasteiger partial charge in [-0.15, -0.1) is 0 Å². The fraction of sp³-hybridized carbons (Fsp3) is 0.919. The summed E-state index contributed by atoms with van der Waals surface area (Å²) in [5, 5.41) is 0. The third-order valence-corrected chi connectivity index (χ3v) is 18.1. The van der Waals surface area contributed by atoms with Crippen LogP contribution in [0.25, 0.3) is 0 Å². The Morgan fingerprint density at radius 2 is 0.619 bits per heavy atom. The van der Waals surface area contributed by atoms with Crippen molar-refractivity contribution in [2.75, 3.05) is 26.4 Å². The molecule has 0 radical (unpaired) electrons. The topological polar surface area (TPSA) is 134 Å². The van der Waals surface area contributed by atoms with Crippen LogP contribution in [-0.2, 0) is 32.7 Å². The molecular weight excluding hydrogens is 1060 g/mol. The number of allylic oxidation sites excluding steroid dienone is 4. The van der Waals surface area contributed by atoms with Crippen molar-refractivity contribution in [1.29, 1.82) is 0 Å². The number of nitrogens with two attached hydrogens (primary N) is 1. The van der Waals surface area contributed by atoms with Crippen LogP contribution in [0.1, 0.15) is 406 Å². The van der Waals surface area contributed by atoms with Crippen molar-refractivity contribution in [3.63, 3.8) is 0 Å². The second kappa shape index (κ2) is 70.6. The second-order valence-electron chi connectivity index (χ2n) is 25.5. The summed E-state index contributed by atoms with van der Waals surface area (Å²) in [6, 6.07) is 0. The first-order valence-electron chi connectivity index (χ1n) is 37.3. The minimum Gasteiger partial charge on any atom is -0.462 e. The maximum atomic E-state index is 12.8. The highest BCUT2D eigenvalue weighted by molar-refractivity contribution is 7.47. The Kier molecular flexibility index (Phi) is 69.3.